The van der Waals surface area contributed by atoms with E-state index in [1.165, 1.54) is 12.1 Å². The lowest BCUT2D eigenvalue weighted by molar-refractivity contribution is 0.627. The molecule has 15 heavy (non-hydrogen) atoms. The van der Waals surface area contributed by atoms with Gasteiger partial charge in [0.2, 0.25) is 0 Å². The maximum Gasteiger partial charge on any atom is 0.125 e. The highest BCUT2D eigenvalue weighted by molar-refractivity contribution is 6.00. The summed E-state index contributed by atoms with van der Waals surface area (Å²) < 4.78 is 13.0. The molecule has 80 valence electrons. The van der Waals surface area contributed by atoms with Crippen LogP contribution in [0.2, 0.25) is 0 Å². The highest BCUT2D eigenvalue weighted by Gasteiger charge is 2.28. The lowest BCUT2D eigenvalue weighted by atomic mass is 10.1. The predicted molar refractivity (Wildman–Crippen MR) is 58.8 cm³/mol. The first-order valence-electron chi connectivity index (χ1n) is 4.96. The first kappa shape index (κ1) is 9.96. The zero-order valence-corrected chi connectivity index (χ0v) is 8.63. The van der Waals surface area contributed by atoms with Crippen molar-refractivity contribution in [1.82, 2.24) is 0 Å². The Morgan fingerprint density at radius 3 is 2.73 bits per heavy atom. The fourth-order valence-corrected chi connectivity index (χ4v) is 1.69. The van der Waals surface area contributed by atoms with Gasteiger partial charge in [0.25, 0.3) is 0 Å². The van der Waals surface area contributed by atoms with Gasteiger partial charge in [-0.1, -0.05) is 0 Å². The van der Waals surface area contributed by atoms with E-state index < -0.39 is 0 Å². The first-order chi connectivity index (χ1) is 7.09. The Morgan fingerprint density at radius 2 is 2.20 bits per heavy atom. The summed E-state index contributed by atoms with van der Waals surface area (Å²) in [4.78, 5) is 2.07. The molecule has 0 bridgehead atoms. The van der Waals surface area contributed by atoms with Crippen molar-refractivity contribution in [3.05, 3.63) is 29.6 Å². The highest BCUT2D eigenvalue weighted by Crippen LogP contribution is 2.32. The molecule has 0 saturated heterocycles. The molecule has 3 nitrogen and oxygen atoms in total. The van der Waals surface area contributed by atoms with Gasteiger partial charge < -0.3 is 10.6 Å². The summed E-state index contributed by atoms with van der Waals surface area (Å²) in [6.45, 7) is 0. The maximum atomic E-state index is 13.0. The van der Waals surface area contributed by atoms with Crippen molar-refractivity contribution < 1.29 is 4.39 Å². The lowest BCUT2D eigenvalue weighted by Gasteiger charge is -2.21. The number of anilines is 1. The van der Waals surface area contributed by atoms with Gasteiger partial charge >= 0.3 is 0 Å². The molecular weight excluding hydrogens is 193 g/mol. The van der Waals surface area contributed by atoms with E-state index in [9.17, 15) is 4.39 Å². The summed E-state index contributed by atoms with van der Waals surface area (Å²) in [5, 5.41) is 7.41. The first-order valence-corrected chi connectivity index (χ1v) is 4.96. The Morgan fingerprint density at radius 1 is 1.53 bits per heavy atom. The molecule has 2 rings (SSSR count). The number of nitrogens with one attached hydrogen (secondary N) is 1. The van der Waals surface area contributed by atoms with Gasteiger partial charge in [-0.05, 0) is 31.0 Å². The second-order valence-corrected chi connectivity index (χ2v) is 3.92. The molecule has 1 aromatic rings. The summed E-state index contributed by atoms with van der Waals surface area (Å²) in [5.74, 6) is -0.440. The van der Waals surface area contributed by atoms with Crippen LogP contribution in [0.5, 0.6) is 0 Å². The van der Waals surface area contributed by atoms with E-state index in [1.54, 1.807) is 6.07 Å². The van der Waals surface area contributed by atoms with Crippen molar-refractivity contribution in [1.29, 1.82) is 5.41 Å². The van der Waals surface area contributed by atoms with Crippen LogP contribution in [0.3, 0.4) is 0 Å². The monoisotopic (exact) mass is 207 g/mol. The van der Waals surface area contributed by atoms with Gasteiger partial charge in [0.15, 0.2) is 0 Å². The van der Waals surface area contributed by atoms with Crippen LogP contribution in [-0.4, -0.2) is 18.9 Å². The quantitative estimate of drug-likeness (QED) is 0.585. The molecule has 0 aliphatic heterocycles. The molecule has 0 amide bonds. The summed E-state index contributed by atoms with van der Waals surface area (Å²) in [6.07, 6.45) is 2.32. The van der Waals surface area contributed by atoms with E-state index in [1.807, 2.05) is 7.05 Å². The van der Waals surface area contributed by atoms with Gasteiger partial charge in [0.05, 0.1) is 0 Å². The number of hydrogen-bond acceptors (Lipinski definition) is 2. The van der Waals surface area contributed by atoms with Crippen LogP contribution >= 0.6 is 0 Å². The molecule has 0 spiro atoms. The van der Waals surface area contributed by atoms with Crippen LogP contribution in [0.4, 0.5) is 10.1 Å². The normalized spacial score (nSPS) is 15.1. The molecule has 0 heterocycles. The summed E-state index contributed by atoms with van der Waals surface area (Å²) in [6, 6.07) is 4.93. The van der Waals surface area contributed by atoms with E-state index in [-0.39, 0.29) is 11.7 Å². The topological polar surface area (TPSA) is 53.1 Å². The summed E-state index contributed by atoms with van der Waals surface area (Å²) in [5.41, 5.74) is 6.75. The minimum Gasteiger partial charge on any atom is -0.384 e. The third-order valence-electron chi connectivity index (χ3n) is 2.72. The Balaban J connectivity index is 2.40. The second kappa shape index (κ2) is 3.53. The number of benzene rings is 1. The van der Waals surface area contributed by atoms with Crippen LogP contribution in [0.15, 0.2) is 18.2 Å². The highest BCUT2D eigenvalue weighted by atomic mass is 19.1. The zero-order valence-electron chi connectivity index (χ0n) is 8.63. The fraction of sp³-hybridized carbons (Fsp3) is 0.364. The zero-order chi connectivity index (χ0) is 11.0. The third kappa shape index (κ3) is 1.93. The molecule has 0 atom stereocenters. The van der Waals surface area contributed by atoms with E-state index in [0.29, 0.717) is 11.6 Å². The molecule has 1 aromatic carbocycles. The number of amidine groups is 1. The van der Waals surface area contributed by atoms with Crippen LogP contribution in [0, 0.1) is 11.2 Å². The maximum absolute atomic E-state index is 13.0. The summed E-state index contributed by atoms with van der Waals surface area (Å²) in [7, 11) is 1.96. The fourth-order valence-electron chi connectivity index (χ4n) is 1.69. The standard InChI is InChI=1S/C11H14FN3/c1-15(8-3-4-8)10-5-2-7(12)6-9(10)11(13)14/h2,5-6,8H,3-4H2,1H3,(H3,13,14). The molecular formula is C11H14FN3. The SMILES string of the molecule is CN(c1ccc(F)cc1C(=N)N)C1CC1. The van der Waals surface area contributed by atoms with Crippen LogP contribution in [0.25, 0.3) is 0 Å². The van der Waals surface area contributed by atoms with Crippen molar-refractivity contribution in [3.63, 3.8) is 0 Å². The molecule has 1 aliphatic carbocycles. The van der Waals surface area contributed by atoms with Crippen LogP contribution in [-0.2, 0) is 0 Å². The minimum atomic E-state index is -0.354. The van der Waals surface area contributed by atoms with Crippen molar-refractivity contribution in [2.45, 2.75) is 18.9 Å². The molecule has 0 radical (unpaired) electrons. The Labute approximate surface area is 88.2 Å². The molecule has 4 heteroatoms. The van der Waals surface area contributed by atoms with Gasteiger partial charge in [0, 0.05) is 24.3 Å². The molecule has 1 aliphatic rings. The molecule has 1 saturated carbocycles. The number of nitrogen functional groups attached to an aromatic ring is 1. The van der Waals surface area contributed by atoms with Crippen molar-refractivity contribution in [2.24, 2.45) is 5.73 Å². The average Bonchev–Trinajstić information content (AvgIpc) is 2.99. The summed E-state index contributed by atoms with van der Waals surface area (Å²) >= 11 is 0. The lowest BCUT2D eigenvalue weighted by Crippen LogP contribution is -2.24. The molecule has 0 aromatic heterocycles. The van der Waals surface area contributed by atoms with E-state index in [2.05, 4.69) is 4.90 Å². The smallest absolute Gasteiger partial charge is 0.125 e. The Bertz CT molecular complexity index is 399. The van der Waals surface area contributed by atoms with Gasteiger partial charge in [0.1, 0.15) is 11.7 Å². The number of nitrogens with zero attached hydrogens (tertiary/aromatic N) is 1. The van der Waals surface area contributed by atoms with E-state index >= 15 is 0 Å². The van der Waals surface area contributed by atoms with Gasteiger partial charge in [-0.3, -0.25) is 5.41 Å². The van der Waals surface area contributed by atoms with Crippen LogP contribution in [0.1, 0.15) is 18.4 Å². The molecule has 3 N–H and O–H groups in total. The number of hydrogen-bond donors (Lipinski definition) is 2. The molecule has 0 unspecified atom stereocenters. The predicted octanol–water partition coefficient (Wildman–Crippen LogP) is 1.71. The Kier molecular flexibility index (Phi) is 2.34. The number of nitrogens with two attached hydrogens (primary N) is 1. The van der Waals surface area contributed by atoms with Crippen molar-refractivity contribution >= 4 is 11.5 Å². The average molecular weight is 207 g/mol. The van der Waals surface area contributed by atoms with E-state index in [4.69, 9.17) is 11.1 Å². The largest absolute Gasteiger partial charge is 0.384 e. The van der Waals surface area contributed by atoms with Crippen molar-refractivity contribution in [3.8, 4) is 0 Å². The van der Waals surface area contributed by atoms with Crippen LogP contribution < -0.4 is 10.6 Å². The third-order valence-corrected chi connectivity index (χ3v) is 2.72. The minimum absolute atomic E-state index is 0.0861. The van der Waals surface area contributed by atoms with E-state index in [0.717, 1.165) is 18.5 Å². The van der Waals surface area contributed by atoms with Gasteiger partial charge in [-0.15, -0.1) is 0 Å². The second-order valence-electron chi connectivity index (χ2n) is 3.92. The number of rotatable bonds is 3. The molecule has 1 fully saturated rings. The van der Waals surface area contributed by atoms with Gasteiger partial charge in [-0.2, -0.15) is 0 Å². The van der Waals surface area contributed by atoms with Gasteiger partial charge in [-0.25, -0.2) is 4.39 Å². The van der Waals surface area contributed by atoms with Crippen molar-refractivity contribution in [2.75, 3.05) is 11.9 Å². The number of halogens is 1. The Hall–Kier alpha value is -1.58.